The zero-order chi connectivity index (χ0) is 25.9. The third-order valence-corrected chi connectivity index (χ3v) is 5.90. The van der Waals surface area contributed by atoms with Crippen LogP contribution in [0, 0.1) is 11.3 Å². The summed E-state index contributed by atoms with van der Waals surface area (Å²) in [5.74, 6) is 1.85. The van der Waals surface area contributed by atoms with E-state index in [0.29, 0.717) is 44.6 Å². The van der Waals surface area contributed by atoms with Crippen molar-refractivity contribution in [2.75, 3.05) is 46.1 Å². The summed E-state index contributed by atoms with van der Waals surface area (Å²) in [6, 6.07) is 12.4. The van der Waals surface area contributed by atoms with Crippen LogP contribution in [-0.2, 0) is 4.79 Å². The van der Waals surface area contributed by atoms with E-state index in [9.17, 15) is 10.1 Å². The van der Waals surface area contributed by atoms with E-state index in [4.69, 9.17) is 23.7 Å². The predicted molar refractivity (Wildman–Crippen MR) is 137 cm³/mol. The number of amides is 1. The van der Waals surface area contributed by atoms with E-state index < -0.39 is 5.91 Å². The Morgan fingerprint density at radius 3 is 2.39 bits per heavy atom. The molecule has 1 amide bonds. The maximum Gasteiger partial charge on any atom is 0.268 e. The van der Waals surface area contributed by atoms with Crippen LogP contribution in [0.2, 0.25) is 0 Å². The summed E-state index contributed by atoms with van der Waals surface area (Å²) in [6.07, 6.45) is 3.25. The zero-order valence-electron chi connectivity index (χ0n) is 20.1. The molecule has 10 nitrogen and oxygen atoms in total. The Kier molecular flexibility index (Phi) is 9.79. The minimum atomic E-state index is -0.603. The number of methoxy groups -OCH3 is 3. The van der Waals surface area contributed by atoms with Gasteiger partial charge in [0.05, 0.1) is 21.3 Å². The van der Waals surface area contributed by atoms with Crippen LogP contribution in [0.5, 0.6) is 28.7 Å². The number of carbonyl (C=O) groups excluding carboxylic acids is 1. The summed E-state index contributed by atoms with van der Waals surface area (Å²) >= 11 is 2.39. The number of aromatic nitrogens is 2. The minimum Gasteiger partial charge on any atom is -0.497 e. The van der Waals surface area contributed by atoms with Crippen molar-refractivity contribution in [1.29, 1.82) is 5.26 Å². The maximum atomic E-state index is 12.6. The Hall–Kier alpha value is -3.95. The second-order valence-corrected chi connectivity index (χ2v) is 8.37. The lowest BCUT2D eigenvalue weighted by molar-refractivity contribution is -0.112. The number of carbonyl (C=O) groups is 1. The average Bonchev–Trinajstić information content (AvgIpc) is 3.37. The quantitative estimate of drug-likeness (QED) is 0.157. The Morgan fingerprint density at radius 1 is 1.08 bits per heavy atom. The number of nitrogens with one attached hydrogen (secondary N) is 1. The fourth-order valence-corrected chi connectivity index (χ4v) is 4.06. The van der Waals surface area contributed by atoms with Crippen molar-refractivity contribution < 1.29 is 28.5 Å². The highest BCUT2D eigenvalue weighted by molar-refractivity contribution is 7.98. The lowest BCUT2D eigenvalue weighted by atomic mass is 10.1. The Morgan fingerprint density at radius 2 is 1.78 bits per heavy atom. The Labute approximate surface area is 217 Å². The van der Waals surface area contributed by atoms with E-state index in [1.54, 1.807) is 25.3 Å². The van der Waals surface area contributed by atoms with Gasteiger partial charge in [0.2, 0.25) is 16.0 Å². The van der Waals surface area contributed by atoms with Gasteiger partial charge in [-0.15, -0.1) is 0 Å². The van der Waals surface area contributed by atoms with Gasteiger partial charge in [0, 0.05) is 17.6 Å². The summed E-state index contributed by atoms with van der Waals surface area (Å²) in [5, 5.41) is 13.0. The minimum absolute atomic E-state index is 0.125. The third-order valence-electron chi connectivity index (χ3n) is 4.61. The standard InChI is InChI=1S/C24H24N4O6S2/c1-30-17-6-5-7-18(13-17)33-8-9-34-21-19(31-2)11-15(12-20(21)32-3)10-16(14-25)22(29)26-23-27-24(35-4)28-36-23/h5-7,10-13H,8-9H2,1-4H3,(H,26,27,28,29)/b16-10-. The molecule has 188 valence electrons. The number of ether oxygens (including phenoxy) is 5. The molecule has 0 atom stereocenters. The summed E-state index contributed by atoms with van der Waals surface area (Å²) < 4.78 is 31.8. The van der Waals surface area contributed by atoms with Crippen LogP contribution in [0.25, 0.3) is 6.08 Å². The molecule has 0 spiro atoms. The van der Waals surface area contributed by atoms with Crippen molar-refractivity contribution in [2.24, 2.45) is 0 Å². The van der Waals surface area contributed by atoms with E-state index in [-0.39, 0.29) is 18.8 Å². The Balaban J connectivity index is 1.72. The van der Waals surface area contributed by atoms with Crippen molar-refractivity contribution >= 4 is 40.4 Å². The van der Waals surface area contributed by atoms with Gasteiger partial charge in [-0.2, -0.15) is 14.6 Å². The van der Waals surface area contributed by atoms with Crippen molar-refractivity contribution in [2.45, 2.75) is 5.16 Å². The molecule has 1 heterocycles. The predicted octanol–water partition coefficient (Wildman–Crippen LogP) is 4.29. The normalized spacial score (nSPS) is 10.8. The number of hydrogen-bond donors (Lipinski definition) is 1. The van der Waals surface area contributed by atoms with Gasteiger partial charge in [-0.25, -0.2) is 0 Å². The van der Waals surface area contributed by atoms with E-state index in [1.165, 1.54) is 32.1 Å². The molecule has 1 aromatic heterocycles. The van der Waals surface area contributed by atoms with E-state index in [1.807, 2.05) is 30.5 Å². The highest BCUT2D eigenvalue weighted by atomic mass is 32.2. The Bertz CT molecular complexity index is 1250. The van der Waals surface area contributed by atoms with Gasteiger partial charge in [-0.1, -0.05) is 17.8 Å². The second-order valence-electron chi connectivity index (χ2n) is 6.84. The highest BCUT2D eigenvalue weighted by Gasteiger charge is 2.17. The second kappa shape index (κ2) is 13.2. The molecule has 0 fully saturated rings. The molecule has 0 aliphatic rings. The number of thioether (sulfide) groups is 1. The van der Waals surface area contributed by atoms with E-state index in [0.717, 1.165) is 11.5 Å². The summed E-state index contributed by atoms with van der Waals surface area (Å²) in [7, 11) is 4.56. The molecule has 3 aromatic rings. The van der Waals surface area contributed by atoms with Gasteiger partial charge in [-0.05, 0) is 42.2 Å². The summed E-state index contributed by atoms with van der Waals surface area (Å²) in [5.41, 5.74) is 0.387. The van der Waals surface area contributed by atoms with Crippen molar-refractivity contribution in [3.8, 4) is 34.8 Å². The molecule has 0 unspecified atom stereocenters. The number of anilines is 1. The average molecular weight is 529 g/mol. The van der Waals surface area contributed by atoms with Crippen LogP contribution in [-0.4, -0.2) is 56.1 Å². The van der Waals surface area contributed by atoms with Crippen LogP contribution >= 0.6 is 23.3 Å². The highest BCUT2D eigenvalue weighted by Crippen LogP contribution is 2.39. The molecule has 0 aliphatic carbocycles. The molecule has 0 saturated carbocycles. The van der Waals surface area contributed by atoms with Gasteiger partial charge in [-0.3, -0.25) is 10.1 Å². The number of nitriles is 1. The van der Waals surface area contributed by atoms with Gasteiger partial charge >= 0.3 is 0 Å². The number of benzene rings is 2. The van der Waals surface area contributed by atoms with E-state index >= 15 is 0 Å². The molecule has 36 heavy (non-hydrogen) atoms. The van der Waals surface area contributed by atoms with Gasteiger partial charge in [0.15, 0.2) is 11.5 Å². The van der Waals surface area contributed by atoms with Crippen LogP contribution in [0.3, 0.4) is 0 Å². The first-order chi connectivity index (χ1) is 17.5. The largest absolute Gasteiger partial charge is 0.497 e. The summed E-state index contributed by atoms with van der Waals surface area (Å²) in [6.45, 7) is 0.481. The maximum absolute atomic E-state index is 12.6. The van der Waals surface area contributed by atoms with Crippen molar-refractivity contribution in [1.82, 2.24) is 9.36 Å². The van der Waals surface area contributed by atoms with E-state index in [2.05, 4.69) is 14.7 Å². The first-order valence-corrected chi connectivity index (χ1v) is 12.5. The van der Waals surface area contributed by atoms with Crippen LogP contribution < -0.4 is 29.0 Å². The number of rotatable bonds is 12. The van der Waals surface area contributed by atoms with Gasteiger partial charge in [0.25, 0.3) is 5.91 Å². The molecule has 3 rings (SSSR count). The topological polar surface area (TPSA) is 125 Å². The van der Waals surface area contributed by atoms with Crippen LogP contribution in [0.1, 0.15) is 5.56 Å². The van der Waals surface area contributed by atoms with Crippen molar-refractivity contribution in [3.05, 3.63) is 47.5 Å². The molecule has 0 aliphatic heterocycles. The molecular weight excluding hydrogens is 504 g/mol. The van der Waals surface area contributed by atoms with Gasteiger partial charge < -0.3 is 23.7 Å². The molecule has 0 radical (unpaired) electrons. The smallest absolute Gasteiger partial charge is 0.268 e. The first kappa shape index (κ1) is 26.7. The first-order valence-electron chi connectivity index (χ1n) is 10.5. The molecule has 0 bridgehead atoms. The number of nitrogens with zero attached hydrogens (tertiary/aromatic N) is 3. The lowest BCUT2D eigenvalue weighted by Crippen LogP contribution is -2.13. The monoisotopic (exact) mass is 528 g/mol. The third kappa shape index (κ3) is 7.03. The van der Waals surface area contributed by atoms with Crippen molar-refractivity contribution in [3.63, 3.8) is 0 Å². The van der Waals surface area contributed by atoms with Crippen LogP contribution in [0.15, 0.2) is 47.1 Å². The SMILES string of the molecule is COc1cccc(OCCOc2c(OC)cc(/C=C(/C#N)C(=O)Nc3nc(SC)ns3)cc2OC)c1. The fourth-order valence-electron chi connectivity index (χ4n) is 2.94. The summed E-state index contributed by atoms with van der Waals surface area (Å²) in [4.78, 5) is 16.7. The molecule has 2 aromatic carbocycles. The number of hydrogen-bond acceptors (Lipinski definition) is 11. The van der Waals surface area contributed by atoms with Crippen LogP contribution in [0.4, 0.5) is 5.13 Å². The lowest BCUT2D eigenvalue weighted by Gasteiger charge is -2.16. The zero-order valence-corrected chi connectivity index (χ0v) is 21.7. The molecule has 1 N–H and O–H groups in total. The molecule has 0 saturated heterocycles. The molecular formula is C24H24N4O6S2. The fraction of sp³-hybridized carbons (Fsp3) is 0.250. The van der Waals surface area contributed by atoms with Gasteiger partial charge in [0.1, 0.15) is 36.4 Å². The molecule has 12 heteroatoms.